The maximum Gasteiger partial charge on any atom is 0.326 e. The smallest absolute Gasteiger partial charge is 0.326 e. The zero-order valence-corrected chi connectivity index (χ0v) is 9.24. The highest BCUT2D eigenvalue weighted by atomic mass is 16.4. The van der Waals surface area contributed by atoms with E-state index >= 15 is 0 Å². The number of benzene rings is 1. The van der Waals surface area contributed by atoms with E-state index in [1.807, 2.05) is 6.07 Å². The van der Waals surface area contributed by atoms with E-state index in [0.717, 1.165) is 6.42 Å². The molecule has 1 aromatic rings. The number of rotatable bonds is 2. The van der Waals surface area contributed by atoms with Crippen LogP contribution in [0.25, 0.3) is 0 Å². The van der Waals surface area contributed by atoms with Gasteiger partial charge in [-0.2, -0.15) is 0 Å². The van der Waals surface area contributed by atoms with E-state index in [1.165, 1.54) is 4.90 Å². The Bertz CT molecular complexity index is 471. The molecule has 3 rings (SSSR count). The number of hydrogen-bond acceptors (Lipinski definition) is 2. The van der Waals surface area contributed by atoms with Gasteiger partial charge in [-0.1, -0.05) is 18.2 Å². The highest BCUT2D eigenvalue weighted by Crippen LogP contribution is 2.49. The Kier molecular flexibility index (Phi) is 2.18. The summed E-state index contributed by atoms with van der Waals surface area (Å²) in [5.41, 5.74) is 0.569. The monoisotopic (exact) mass is 231 g/mol. The van der Waals surface area contributed by atoms with Crippen molar-refractivity contribution in [1.29, 1.82) is 0 Å². The molecule has 4 nitrogen and oxygen atoms in total. The van der Waals surface area contributed by atoms with Crippen LogP contribution in [-0.4, -0.2) is 34.5 Å². The van der Waals surface area contributed by atoms with Crippen LogP contribution in [0.3, 0.4) is 0 Å². The van der Waals surface area contributed by atoms with Gasteiger partial charge < -0.3 is 10.0 Å². The van der Waals surface area contributed by atoms with Crippen LogP contribution in [0.5, 0.6) is 0 Å². The minimum absolute atomic E-state index is 0.162. The highest BCUT2D eigenvalue weighted by molar-refractivity contribution is 5.97. The van der Waals surface area contributed by atoms with E-state index in [4.69, 9.17) is 0 Å². The van der Waals surface area contributed by atoms with Crippen LogP contribution in [0.4, 0.5) is 0 Å². The molecule has 1 aliphatic heterocycles. The van der Waals surface area contributed by atoms with Crippen LogP contribution in [0.1, 0.15) is 16.8 Å². The van der Waals surface area contributed by atoms with Gasteiger partial charge in [0, 0.05) is 12.1 Å². The van der Waals surface area contributed by atoms with E-state index in [-0.39, 0.29) is 11.8 Å². The van der Waals surface area contributed by atoms with Gasteiger partial charge in [-0.05, 0) is 30.4 Å². The molecule has 17 heavy (non-hydrogen) atoms. The lowest BCUT2D eigenvalue weighted by atomic mass is 10.1. The molecule has 1 saturated carbocycles. The fourth-order valence-electron chi connectivity index (χ4n) is 2.74. The van der Waals surface area contributed by atoms with Crippen molar-refractivity contribution < 1.29 is 14.7 Å². The molecule has 2 fully saturated rings. The van der Waals surface area contributed by atoms with Crippen molar-refractivity contribution >= 4 is 11.9 Å². The SMILES string of the molecule is O=C(O)C1[C@@H]2C[C@H]2CN1C(=O)c1ccccc1. The molecule has 0 radical (unpaired) electrons. The third kappa shape index (κ3) is 1.60. The van der Waals surface area contributed by atoms with Crippen molar-refractivity contribution in [3.8, 4) is 0 Å². The Morgan fingerprint density at radius 1 is 1.24 bits per heavy atom. The van der Waals surface area contributed by atoms with Gasteiger partial charge in [0.15, 0.2) is 0 Å². The number of carbonyl (C=O) groups is 2. The molecule has 3 atom stereocenters. The lowest BCUT2D eigenvalue weighted by Gasteiger charge is -2.24. The summed E-state index contributed by atoms with van der Waals surface area (Å²) in [6, 6.07) is 8.26. The summed E-state index contributed by atoms with van der Waals surface area (Å²) in [6.45, 7) is 0.593. The topological polar surface area (TPSA) is 57.6 Å². The number of aliphatic carboxylic acids is 1. The van der Waals surface area contributed by atoms with Crippen LogP contribution < -0.4 is 0 Å². The number of piperidine rings is 1. The second-order valence-corrected chi connectivity index (χ2v) is 4.77. The molecule has 1 heterocycles. The third-order valence-corrected chi connectivity index (χ3v) is 3.68. The fourth-order valence-corrected chi connectivity index (χ4v) is 2.74. The summed E-state index contributed by atoms with van der Waals surface area (Å²) in [6.07, 6.45) is 0.954. The summed E-state index contributed by atoms with van der Waals surface area (Å²) in [5, 5.41) is 9.18. The minimum atomic E-state index is -0.876. The number of nitrogens with zero attached hydrogens (tertiary/aromatic N) is 1. The molecule has 0 aromatic heterocycles. The van der Waals surface area contributed by atoms with Crippen molar-refractivity contribution in [3.05, 3.63) is 35.9 Å². The number of likely N-dealkylation sites (tertiary alicyclic amines) is 1. The summed E-state index contributed by atoms with van der Waals surface area (Å²) < 4.78 is 0. The average Bonchev–Trinajstić information content (AvgIpc) is 2.99. The molecule has 0 spiro atoms. The first-order valence-electron chi connectivity index (χ1n) is 5.77. The molecule has 4 heteroatoms. The maximum atomic E-state index is 12.2. The van der Waals surface area contributed by atoms with Gasteiger partial charge in [-0.3, -0.25) is 4.79 Å². The lowest BCUT2D eigenvalue weighted by molar-refractivity contribution is -0.142. The molecule has 2 aliphatic rings. The first-order chi connectivity index (χ1) is 8.18. The molecule has 1 aliphatic carbocycles. The zero-order chi connectivity index (χ0) is 12.0. The van der Waals surface area contributed by atoms with Crippen LogP contribution >= 0.6 is 0 Å². The van der Waals surface area contributed by atoms with E-state index < -0.39 is 12.0 Å². The molecule has 1 saturated heterocycles. The number of fused-ring (bicyclic) bond motifs is 1. The highest BCUT2D eigenvalue weighted by Gasteiger charge is 2.57. The van der Waals surface area contributed by atoms with Gasteiger partial charge >= 0.3 is 5.97 Å². The molecule has 88 valence electrons. The normalized spacial score (nSPS) is 29.9. The summed E-state index contributed by atoms with van der Waals surface area (Å²) in [7, 11) is 0. The maximum absolute atomic E-state index is 12.2. The predicted octanol–water partition coefficient (Wildman–Crippen LogP) is 1.23. The van der Waals surface area contributed by atoms with Crippen molar-refractivity contribution in [1.82, 2.24) is 4.90 Å². The van der Waals surface area contributed by atoms with Crippen LogP contribution in [0, 0.1) is 11.8 Å². The van der Waals surface area contributed by atoms with Gasteiger partial charge in [0.2, 0.25) is 0 Å². The van der Waals surface area contributed by atoms with Crippen molar-refractivity contribution in [2.45, 2.75) is 12.5 Å². The number of carboxylic acid groups (broad SMARTS) is 1. The third-order valence-electron chi connectivity index (χ3n) is 3.68. The lowest BCUT2D eigenvalue weighted by Crippen LogP contribution is -2.43. The molecule has 1 aromatic carbocycles. The fraction of sp³-hybridized carbons (Fsp3) is 0.385. The molecular weight excluding hydrogens is 218 g/mol. The Morgan fingerprint density at radius 2 is 1.94 bits per heavy atom. The predicted molar refractivity (Wildman–Crippen MR) is 60.5 cm³/mol. The van der Waals surface area contributed by atoms with E-state index in [9.17, 15) is 14.7 Å². The summed E-state index contributed by atoms with van der Waals surface area (Å²) >= 11 is 0. The van der Waals surface area contributed by atoms with Crippen LogP contribution in [0.2, 0.25) is 0 Å². The second kappa shape index (κ2) is 3.58. The quantitative estimate of drug-likeness (QED) is 0.832. The van der Waals surface area contributed by atoms with Crippen LogP contribution in [0.15, 0.2) is 30.3 Å². The molecule has 1 unspecified atom stereocenters. The first-order valence-corrected chi connectivity index (χ1v) is 5.77. The van der Waals surface area contributed by atoms with Crippen molar-refractivity contribution in [2.75, 3.05) is 6.54 Å². The number of hydrogen-bond donors (Lipinski definition) is 1. The average molecular weight is 231 g/mol. The number of amides is 1. The Hall–Kier alpha value is -1.84. The van der Waals surface area contributed by atoms with Crippen LogP contribution in [-0.2, 0) is 4.79 Å². The van der Waals surface area contributed by atoms with Gasteiger partial charge in [0.25, 0.3) is 5.91 Å². The Morgan fingerprint density at radius 3 is 2.59 bits per heavy atom. The van der Waals surface area contributed by atoms with Crippen molar-refractivity contribution in [3.63, 3.8) is 0 Å². The molecule has 1 N–H and O–H groups in total. The number of carbonyl (C=O) groups excluding carboxylic acids is 1. The van der Waals surface area contributed by atoms with E-state index in [0.29, 0.717) is 18.0 Å². The minimum Gasteiger partial charge on any atom is -0.480 e. The van der Waals surface area contributed by atoms with E-state index in [2.05, 4.69) is 0 Å². The molecular formula is C13H13NO3. The van der Waals surface area contributed by atoms with Crippen molar-refractivity contribution in [2.24, 2.45) is 11.8 Å². The number of carboxylic acids is 1. The summed E-state index contributed by atoms with van der Waals surface area (Å²) in [4.78, 5) is 24.9. The Balaban J connectivity index is 1.85. The standard InChI is InChI=1S/C13H13NO3/c15-12(8-4-2-1-3-5-8)14-7-9-6-10(9)11(14)13(16)17/h1-5,9-11H,6-7H2,(H,16,17)/t9-,10+,11?/m0/s1. The Labute approximate surface area is 98.9 Å². The molecule has 1 amide bonds. The van der Waals surface area contributed by atoms with Gasteiger partial charge in [-0.15, -0.1) is 0 Å². The van der Waals surface area contributed by atoms with Gasteiger partial charge in [0.05, 0.1) is 0 Å². The summed E-state index contributed by atoms with van der Waals surface area (Å²) in [5.74, 6) is -0.451. The van der Waals surface area contributed by atoms with Gasteiger partial charge in [0.1, 0.15) is 6.04 Å². The first kappa shape index (κ1) is 10.3. The van der Waals surface area contributed by atoms with Gasteiger partial charge in [-0.25, -0.2) is 4.79 Å². The van der Waals surface area contributed by atoms with E-state index in [1.54, 1.807) is 24.3 Å². The largest absolute Gasteiger partial charge is 0.480 e. The second-order valence-electron chi connectivity index (χ2n) is 4.77. The zero-order valence-electron chi connectivity index (χ0n) is 9.24. The molecule has 0 bridgehead atoms.